The number of alkyl halides is 2. The highest BCUT2D eigenvalue weighted by molar-refractivity contribution is 8.00. The van der Waals surface area contributed by atoms with Crippen LogP contribution in [0.2, 0.25) is 0 Å². The zero-order chi connectivity index (χ0) is 20.1. The molecule has 1 unspecified atom stereocenters. The average Bonchev–Trinajstić information content (AvgIpc) is 3.11. The Balaban J connectivity index is 1.59. The van der Waals surface area contributed by atoms with Gasteiger partial charge in [0.2, 0.25) is 11.8 Å². The van der Waals surface area contributed by atoms with Crippen LogP contribution in [0.15, 0.2) is 58.2 Å². The number of hydrogen-bond donors (Lipinski definition) is 1. The Morgan fingerprint density at radius 3 is 2.54 bits per heavy atom. The Morgan fingerprint density at radius 2 is 1.86 bits per heavy atom. The lowest BCUT2D eigenvalue weighted by molar-refractivity contribution is -0.115. The molecular weight excluding hydrogens is 388 g/mol. The Bertz CT molecular complexity index is 948. The third kappa shape index (κ3) is 5.07. The van der Waals surface area contributed by atoms with Crippen LogP contribution >= 0.6 is 11.8 Å². The van der Waals surface area contributed by atoms with E-state index in [4.69, 9.17) is 4.42 Å². The molecule has 9 heteroatoms. The highest BCUT2D eigenvalue weighted by Gasteiger charge is 2.19. The molecule has 1 heterocycles. The Morgan fingerprint density at radius 1 is 1.14 bits per heavy atom. The van der Waals surface area contributed by atoms with Gasteiger partial charge in [-0.2, -0.15) is 8.78 Å². The van der Waals surface area contributed by atoms with Gasteiger partial charge < -0.3 is 14.5 Å². The number of thioether (sulfide) groups is 1. The number of aryl methyl sites for hydroxylation is 1. The van der Waals surface area contributed by atoms with Crippen molar-refractivity contribution in [1.82, 2.24) is 10.2 Å². The maximum Gasteiger partial charge on any atom is 0.387 e. The van der Waals surface area contributed by atoms with E-state index in [-0.39, 0.29) is 16.9 Å². The van der Waals surface area contributed by atoms with Gasteiger partial charge in [0, 0.05) is 11.3 Å². The molecule has 146 valence electrons. The summed E-state index contributed by atoms with van der Waals surface area (Å²) in [4.78, 5) is 12.3. The number of anilines is 1. The summed E-state index contributed by atoms with van der Waals surface area (Å²) in [6.07, 6.45) is 0. The van der Waals surface area contributed by atoms with Crippen molar-refractivity contribution < 1.29 is 22.7 Å². The molecule has 0 saturated heterocycles. The molecule has 0 spiro atoms. The predicted molar refractivity (Wildman–Crippen MR) is 101 cm³/mol. The molecule has 3 aromatic rings. The molecule has 1 atom stereocenters. The number of carbonyl (C=O) groups excluding carboxylic acids is 1. The van der Waals surface area contributed by atoms with Crippen molar-refractivity contribution in [3.05, 3.63) is 54.1 Å². The maximum absolute atomic E-state index is 12.3. The van der Waals surface area contributed by atoms with Gasteiger partial charge in [0.05, 0.1) is 5.25 Å². The Kier molecular flexibility index (Phi) is 6.25. The van der Waals surface area contributed by atoms with Gasteiger partial charge in [-0.05, 0) is 49.7 Å². The van der Waals surface area contributed by atoms with E-state index in [0.29, 0.717) is 11.6 Å². The molecule has 0 radical (unpaired) electrons. The molecule has 1 N–H and O–H groups in total. The lowest BCUT2D eigenvalue weighted by Gasteiger charge is -2.10. The van der Waals surface area contributed by atoms with E-state index >= 15 is 0 Å². The van der Waals surface area contributed by atoms with Gasteiger partial charge in [0.15, 0.2) is 0 Å². The van der Waals surface area contributed by atoms with Crippen LogP contribution in [0.1, 0.15) is 12.5 Å². The fraction of sp³-hybridized carbons (Fsp3) is 0.211. The predicted octanol–water partition coefficient (Wildman–Crippen LogP) is 4.77. The average molecular weight is 405 g/mol. The second-order valence-electron chi connectivity index (χ2n) is 5.84. The molecule has 0 saturated carbocycles. The minimum absolute atomic E-state index is 0.0185. The number of nitrogens with zero attached hydrogens (tertiary/aromatic N) is 2. The molecule has 2 aromatic carbocycles. The number of amides is 1. The van der Waals surface area contributed by atoms with Gasteiger partial charge >= 0.3 is 6.61 Å². The van der Waals surface area contributed by atoms with Crippen molar-refractivity contribution in [1.29, 1.82) is 0 Å². The second-order valence-corrected chi connectivity index (χ2v) is 7.13. The van der Waals surface area contributed by atoms with Gasteiger partial charge in [-0.15, -0.1) is 10.2 Å². The lowest BCUT2D eigenvalue weighted by Crippen LogP contribution is -2.22. The van der Waals surface area contributed by atoms with Crippen molar-refractivity contribution in [3.63, 3.8) is 0 Å². The Labute approximate surface area is 164 Å². The molecule has 3 rings (SSSR count). The van der Waals surface area contributed by atoms with Crippen molar-refractivity contribution >= 4 is 23.4 Å². The van der Waals surface area contributed by atoms with E-state index < -0.39 is 11.9 Å². The first-order valence-electron chi connectivity index (χ1n) is 8.34. The summed E-state index contributed by atoms with van der Waals surface area (Å²) in [7, 11) is 0. The summed E-state index contributed by atoms with van der Waals surface area (Å²) >= 11 is 1.13. The normalized spacial score (nSPS) is 12.0. The minimum atomic E-state index is -2.89. The molecule has 0 aliphatic rings. The van der Waals surface area contributed by atoms with Crippen LogP contribution in [-0.2, 0) is 4.79 Å². The van der Waals surface area contributed by atoms with Gasteiger partial charge in [0.25, 0.3) is 5.22 Å². The van der Waals surface area contributed by atoms with Crippen molar-refractivity contribution in [3.8, 4) is 17.2 Å². The van der Waals surface area contributed by atoms with Gasteiger partial charge in [-0.3, -0.25) is 4.79 Å². The maximum atomic E-state index is 12.3. The summed E-state index contributed by atoms with van der Waals surface area (Å²) in [5.41, 5.74) is 2.31. The molecule has 1 aromatic heterocycles. The van der Waals surface area contributed by atoms with Gasteiger partial charge in [0.1, 0.15) is 5.75 Å². The van der Waals surface area contributed by atoms with Crippen LogP contribution in [0.5, 0.6) is 5.75 Å². The number of ether oxygens (including phenoxy) is 1. The fourth-order valence-corrected chi connectivity index (χ4v) is 3.03. The second kappa shape index (κ2) is 8.83. The Hall–Kier alpha value is -2.94. The summed E-state index contributed by atoms with van der Waals surface area (Å²) in [5.74, 6) is 0.121. The van der Waals surface area contributed by atoms with E-state index in [1.807, 2.05) is 31.2 Å². The first-order valence-corrected chi connectivity index (χ1v) is 9.22. The smallest absolute Gasteiger partial charge is 0.387 e. The summed E-state index contributed by atoms with van der Waals surface area (Å²) in [5, 5.41) is 10.5. The zero-order valence-electron chi connectivity index (χ0n) is 15.1. The lowest BCUT2D eigenvalue weighted by atomic mass is 10.1. The molecule has 0 bridgehead atoms. The number of aromatic nitrogens is 2. The first-order chi connectivity index (χ1) is 13.4. The largest absolute Gasteiger partial charge is 0.435 e. The van der Waals surface area contributed by atoms with E-state index in [9.17, 15) is 13.6 Å². The van der Waals surface area contributed by atoms with Crippen LogP contribution in [0.25, 0.3) is 11.5 Å². The van der Waals surface area contributed by atoms with Crippen LogP contribution in [0.4, 0.5) is 14.5 Å². The van der Waals surface area contributed by atoms with Crippen LogP contribution < -0.4 is 10.1 Å². The quantitative estimate of drug-likeness (QED) is 0.571. The van der Waals surface area contributed by atoms with Crippen molar-refractivity contribution in [2.45, 2.75) is 30.9 Å². The van der Waals surface area contributed by atoms with Crippen LogP contribution in [0, 0.1) is 6.92 Å². The zero-order valence-corrected chi connectivity index (χ0v) is 15.9. The first kappa shape index (κ1) is 19.8. The molecule has 0 fully saturated rings. The molecular formula is C19H17F2N3O3S. The standard InChI is InChI=1S/C19H17F2N3O3S/c1-11-5-3-4-6-15(11)17-23-24-19(27-17)28-12(2)16(25)22-13-7-9-14(10-8-13)26-18(20)21/h3-10,12,18H,1-2H3,(H,22,25). The van der Waals surface area contributed by atoms with E-state index in [1.165, 1.54) is 24.3 Å². The molecule has 28 heavy (non-hydrogen) atoms. The number of rotatable bonds is 7. The SMILES string of the molecule is Cc1ccccc1-c1nnc(SC(C)C(=O)Nc2ccc(OC(F)F)cc2)o1. The van der Waals surface area contributed by atoms with E-state index in [1.54, 1.807) is 6.92 Å². The minimum Gasteiger partial charge on any atom is -0.435 e. The van der Waals surface area contributed by atoms with Crippen LogP contribution in [0.3, 0.4) is 0 Å². The molecule has 0 aliphatic heterocycles. The molecule has 0 aliphatic carbocycles. The number of hydrogen-bond acceptors (Lipinski definition) is 6. The van der Waals surface area contributed by atoms with E-state index in [2.05, 4.69) is 20.3 Å². The molecule has 6 nitrogen and oxygen atoms in total. The van der Waals surface area contributed by atoms with Crippen molar-refractivity contribution in [2.24, 2.45) is 0 Å². The third-order valence-electron chi connectivity index (χ3n) is 3.78. The monoisotopic (exact) mass is 405 g/mol. The molecule has 1 amide bonds. The number of halogens is 2. The number of benzene rings is 2. The number of carbonyl (C=O) groups is 1. The van der Waals surface area contributed by atoms with Crippen LogP contribution in [-0.4, -0.2) is 28.0 Å². The summed E-state index contributed by atoms with van der Waals surface area (Å²) in [6, 6.07) is 13.3. The van der Waals surface area contributed by atoms with Crippen molar-refractivity contribution in [2.75, 3.05) is 5.32 Å². The van der Waals surface area contributed by atoms with E-state index in [0.717, 1.165) is 22.9 Å². The highest BCUT2D eigenvalue weighted by atomic mass is 32.2. The highest BCUT2D eigenvalue weighted by Crippen LogP contribution is 2.28. The number of nitrogens with one attached hydrogen (secondary N) is 1. The summed E-state index contributed by atoms with van der Waals surface area (Å²) in [6.45, 7) is 0.752. The van der Waals surface area contributed by atoms with Gasteiger partial charge in [-0.25, -0.2) is 0 Å². The van der Waals surface area contributed by atoms with Gasteiger partial charge in [-0.1, -0.05) is 30.0 Å². The summed E-state index contributed by atoms with van der Waals surface area (Å²) < 4.78 is 34.2. The fourth-order valence-electron chi connectivity index (χ4n) is 2.35. The topological polar surface area (TPSA) is 77.2 Å². The third-order valence-corrected chi connectivity index (χ3v) is 4.71.